The Morgan fingerprint density at radius 3 is 2.38 bits per heavy atom. The molecule has 2 aromatic heterocycles. The molecule has 0 aliphatic carbocycles. The smallest absolute Gasteiger partial charge is 0.236 e. The molecule has 0 radical (unpaired) electrons. The topological polar surface area (TPSA) is 26.0 Å². The van der Waals surface area contributed by atoms with E-state index in [2.05, 4.69) is 44.8 Å². The van der Waals surface area contributed by atoms with E-state index in [-0.39, 0.29) is 0 Å². The van der Waals surface area contributed by atoms with E-state index in [0.717, 1.165) is 16.5 Å². The number of hydrogen-bond acceptors (Lipinski definition) is 3. The summed E-state index contributed by atoms with van der Waals surface area (Å²) < 4.78 is 5.72. The molecule has 2 heterocycles. The van der Waals surface area contributed by atoms with Gasteiger partial charge in [-0.1, -0.05) is 27.7 Å². The number of rotatable bonds is 3. The maximum Gasteiger partial charge on any atom is 0.236 e. The minimum atomic E-state index is 0.394. The Kier molecular flexibility index (Phi) is 3.15. The SMILES string of the molecule is CC(C)c1cnc(-c2ccc(C(C)C)s2)o1. The Morgan fingerprint density at radius 1 is 1.12 bits per heavy atom. The van der Waals surface area contributed by atoms with Crippen LogP contribution in [0.2, 0.25) is 0 Å². The zero-order valence-corrected chi connectivity index (χ0v) is 11.0. The van der Waals surface area contributed by atoms with Gasteiger partial charge < -0.3 is 4.42 Å². The van der Waals surface area contributed by atoms with Crippen molar-refractivity contribution < 1.29 is 4.42 Å². The van der Waals surface area contributed by atoms with Gasteiger partial charge in [-0.2, -0.15) is 0 Å². The van der Waals surface area contributed by atoms with Gasteiger partial charge in [-0.05, 0) is 18.1 Å². The Balaban J connectivity index is 2.28. The standard InChI is InChI=1S/C13H17NOS/c1-8(2)10-7-14-13(15-10)12-6-5-11(16-12)9(3)4/h5-9H,1-4H3. The molecule has 0 fully saturated rings. The summed E-state index contributed by atoms with van der Waals surface area (Å²) in [6.45, 7) is 8.62. The van der Waals surface area contributed by atoms with Crippen molar-refractivity contribution in [3.8, 4) is 10.8 Å². The minimum Gasteiger partial charge on any atom is -0.440 e. The lowest BCUT2D eigenvalue weighted by Crippen LogP contribution is -1.80. The van der Waals surface area contributed by atoms with E-state index in [4.69, 9.17) is 4.42 Å². The summed E-state index contributed by atoms with van der Waals surface area (Å²) >= 11 is 1.76. The Bertz CT molecular complexity index is 423. The van der Waals surface area contributed by atoms with Crippen LogP contribution < -0.4 is 0 Å². The van der Waals surface area contributed by atoms with Crippen LogP contribution >= 0.6 is 11.3 Å². The molecule has 0 unspecified atom stereocenters. The highest BCUT2D eigenvalue weighted by atomic mass is 32.1. The molecule has 0 saturated carbocycles. The molecule has 2 aromatic rings. The number of oxazole rings is 1. The molecule has 86 valence electrons. The second-order valence-corrected chi connectivity index (χ2v) is 5.69. The Hall–Kier alpha value is -1.09. The van der Waals surface area contributed by atoms with Gasteiger partial charge in [0.25, 0.3) is 0 Å². The summed E-state index contributed by atoms with van der Waals surface area (Å²) in [6, 6.07) is 4.25. The fourth-order valence-corrected chi connectivity index (χ4v) is 2.39. The average molecular weight is 235 g/mol. The third-order valence-electron chi connectivity index (χ3n) is 2.50. The highest BCUT2D eigenvalue weighted by Crippen LogP contribution is 2.32. The van der Waals surface area contributed by atoms with E-state index < -0.39 is 0 Å². The molecule has 0 bridgehead atoms. The molecule has 0 spiro atoms. The first-order chi connectivity index (χ1) is 7.58. The predicted molar refractivity (Wildman–Crippen MR) is 68.0 cm³/mol. The zero-order valence-electron chi connectivity index (χ0n) is 10.2. The van der Waals surface area contributed by atoms with Gasteiger partial charge in [0, 0.05) is 10.8 Å². The van der Waals surface area contributed by atoms with Crippen molar-refractivity contribution in [3.63, 3.8) is 0 Å². The molecule has 2 rings (SSSR count). The normalized spacial score (nSPS) is 11.6. The first-order valence-corrected chi connectivity index (χ1v) is 6.45. The van der Waals surface area contributed by atoms with Crippen LogP contribution in [0.4, 0.5) is 0 Å². The molecule has 3 heteroatoms. The lowest BCUT2D eigenvalue weighted by molar-refractivity contribution is 0.496. The van der Waals surface area contributed by atoms with E-state index in [9.17, 15) is 0 Å². The van der Waals surface area contributed by atoms with Gasteiger partial charge in [0.1, 0.15) is 5.76 Å². The summed E-state index contributed by atoms with van der Waals surface area (Å²) in [5.74, 6) is 2.67. The first kappa shape index (κ1) is 11.4. The quantitative estimate of drug-likeness (QED) is 0.774. The fourth-order valence-electron chi connectivity index (χ4n) is 1.45. The molecule has 0 aliphatic heterocycles. The average Bonchev–Trinajstić information content (AvgIpc) is 2.86. The maximum atomic E-state index is 5.72. The van der Waals surface area contributed by atoms with E-state index in [0.29, 0.717) is 11.8 Å². The van der Waals surface area contributed by atoms with Crippen LogP contribution in [-0.2, 0) is 0 Å². The Labute approximate surface area is 100 Å². The number of thiophene rings is 1. The number of hydrogen-bond donors (Lipinski definition) is 0. The molecule has 0 aromatic carbocycles. The minimum absolute atomic E-state index is 0.394. The maximum absolute atomic E-state index is 5.72. The van der Waals surface area contributed by atoms with Crippen LogP contribution in [0.15, 0.2) is 22.7 Å². The molecular weight excluding hydrogens is 218 g/mol. The molecule has 0 aliphatic rings. The summed E-state index contributed by atoms with van der Waals surface area (Å²) in [5.41, 5.74) is 0. The van der Waals surface area contributed by atoms with E-state index in [1.165, 1.54) is 4.88 Å². The van der Waals surface area contributed by atoms with Gasteiger partial charge in [-0.15, -0.1) is 11.3 Å². The van der Waals surface area contributed by atoms with Crippen molar-refractivity contribution in [2.75, 3.05) is 0 Å². The van der Waals surface area contributed by atoms with Gasteiger partial charge in [-0.3, -0.25) is 0 Å². The van der Waals surface area contributed by atoms with Crippen molar-refractivity contribution in [1.29, 1.82) is 0 Å². The van der Waals surface area contributed by atoms with Gasteiger partial charge in [0.15, 0.2) is 0 Å². The van der Waals surface area contributed by atoms with Gasteiger partial charge in [0.05, 0.1) is 11.1 Å². The van der Waals surface area contributed by atoms with E-state index >= 15 is 0 Å². The zero-order chi connectivity index (χ0) is 11.7. The predicted octanol–water partition coefficient (Wildman–Crippen LogP) is 4.65. The first-order valence-electron chi connectivity index (χ1n) is 5.63. The van der Waals surface area contributed by atoms with Crippen molar-refractivity contribution in [3.05, 3.63) is 29.0 Å². The second-order valence-electron chi connectivity index (χ2n) is 4.58. The number of aromatic nitrogens is 1. The summed E-state index contributed by atoms with van der Waals surface area (Å²) in [5, 5.41) is 0. The van der Waals surface area contributed by atoms with Crippen LogP contribution in [0.5, 0.6) is 0 Å². The molecule has 0 N–H and O–H groups in total. The molecular formula is C13H17NOS. The molecule has 0 saturated heterocycles. The monoisotopic (exact) mass is 235 g/mol. The highest BCUT2D eigenvalue weighted by Gasteiger charge is 2.12. The van der Waals surface area contributed by atoms with Crippen molar-refractivity contribution in [2.45, 2.75) is 39.5 Å². The molecule has 0 amide bonds. The van der Waals surface area contributed by atoms with Crippen LogP contribution in [0.1, 0.15) is 50.2 Å². The van der Waals surface area contributed by atoms with Crippen molar-refractivity contribution >= 4 is 11.3 Å². The van der Waals surface area contributed by atoms with Gasteiger partial charge >= 0.3 is 0 Å². The lowest BCUT2D eigenvalue weighted by atomic mass is 10.2. The van der Waals surface area contributed by atoms with Crippen molar-refractivity contribution in [1.82, 2.24) is 4.98 Å². The molecule has 16 heavy (non-hydrogen) atoms. The Morgan fingerprint density at radius 2 is 1.88 bits per heavy atom. The third kappa shape index (κ3) is 2.19. The van der Waals surface area contributed by atoms with E-state index in [1.54, 1.807) is 11.3 Å². The summed E-state index contributed by atoms with van der Waals surface area (Å²) in [6.07, 6.45) is 1.83. The number of nitrogens with zero attached hydrogens (tertiary/aromatic N) is 1. The largest absolute Gasteiger partial charge is 0.440 e. The van der Waals surface area contributed by atoms with Crippen molar-refractivity contribution in [2.24, 2.45) is 0 Å². The van der Waals surface area contributed by atoms with Crippen LogP contribution in [-0.4, -0.2) is 4.98 Å². The summed E-state index contributed by atoms with van der Waals surface area (Å²) in [7, 11) is 0. The van der Waals surface area contributed by atoms with Gasteiger partial charge in [-0.25, -0.2) is 4.98 Å². The second kappa shape index (κ2) is 4.42. The van der Waals surface area contributed by atoms with Gasteiger partial charge in [0.2, 0.25) is 5.89 Å². The summed E-state index contributed by atoms with van der Waals surface area (Å²) in [4.78, 5) is 6.82. The van der Waals surface area contributed by atoms with Crippen LogP contribution in [0.25, 0.3) is 10.8 Å². The van der Waals surface area contributed by atoms with E-state index in [1.807, 2.05) is 6.20 Å². The highest BCUT2D eigenvalue weighted by molar-refractivity contribution is 7.15. The third-order valence-corrected chi connectivity index (χ3v) is 3.87. The lowest BCUT2D eigenvalue weighted by Gasteiger charge is -1.97. The fraction of sp³-hybridized carbons (Fsp3) is 0.462. The van der Waals surface area contributed by atoms with Crippen LogP contribution in [0.3, 0.4) is 0 Å². The molecule has 0 atom stereocenters. The van der Waals surface area contributed by atoms with Crippen LogP contribution in [0, 0.1) is 0 Å². The molecule has 2 nitrogen and oxygen atoms in total.